The first-order valence-electron chi connectivity index (χ1n) is 4.08. The van der Waals surface area contributed by atoms with E-state index >= 15 is 0 Å². The fourth-order valence-electron chi connectivity index (χ4n) is 0.850. The van der Waals surface area contributed by atoms with Gasteiger partial charge in [-0.25, -0.2) is 0 Å². The molecule has 0 atom stereocenters. The van der Waals surface area contributed by atoms with Crippen LogP contribution >= 0.6 is 23.2 Å². The number of alkyl halides is 2. The number of hydrogen-bond acceptors (Lipinski definition) is 2. The van der Waals surface area contributed by atoms with E-state index in [4.69, 9.17) is 23.2 Å². The molecule has 0 heterocycles. The SMILES string of the molecule is O=C(CCCCCCCl)OCCl. The molecular formula is C8H14Cl2O2. The number of halogens is 2. The Kier molecular flexibility index (Phi) is 9.18. The number of rotatable bonds is 7. The minimum absolute atomic E-state index is 0.0412. The number of ether oxygens (including phenoxy) is 1. The molecule has 72 valence electrons. The lowest BCUT2D eigenvalue weighted by molar-refractivity contribution is -0.141. The van der Waals surface area contributed by atoms with Crippen molar-refractivity contribution in [2.45, 2.75) is 32.1 Å². The van der Waals surface area contributed by atoms with Crippen LogP contribution in [0.15, 0.2) is 0 Å². The van der Waals surface area contributed by atoms with E-state index < -0.39 is 0 Å². The smallest absolute Gasteiger partial charge is 0.306 e. The van der Waals surface area contributed by atoms with Gasteiger partial charge in [0, 0.05) is 12.3 Å². The van der Waals surface area contributed by atoms with Crippen molar-refractivity contribution < 1.29 is 9.53 Å². The summed E-state index contributed by atoms with van der Waals surface area (Å²) in [6.07, 6.45) is 4.47. The first-order valence-corrected chi connectivity index (χ1v) is 5.15. The maximum absolute atomic E-state index is 10.7. The zero-order valence-electron chi connectivity index (χ0n) is 7.02. The number of unbranched alkanes of at least 4 members (excludes halogenated alkanes) is 3. The number of carbonyl (C=O) groups excluding carboxylic acids is 1. The molecule has 0 aromatic heterocycles. The predicted molar refractivity (Wildman–Crippen MR) is 50.6 cm³/mol. The topological polar surface area (TPSA) is 26.3 Å². The molecular weight excluding hydrogens is 199 g/mol. The van der Waals surface area contributed by atoms with Crippen LogP contribution in [0.4, 0.5) is 0 Å². The third-order valence-electron chi connectivity index (χ3n) is 1.48. The predicted octanol–water partition coefficient (Wildman–Crippen LogP) is 2.92. The molecule has 0 N–H and O–H groups in total. The van der Waals surface area contributed by atoms with Crippen molar-refractivity contribution >= 4 is 29.2 Å². The average Bonchev–Trinajstić information content (AvgIpc) is 2.05. The second kappa shape index (κ2) is 9.14. The molecule has 0 unspecified atom stereocenters. The van der Waals surface area contributed by atoms with Gasteiger partial charge >= 0.3 is 5.97 Å². The van der Waals surface area contributed by atoms with E-state index in [0.717, 1.165) is 25.7 Å². The number of esters is 1. The van der Waals surface area contributed by atoms with Crippen molar-refractivity contribution in [1.82, 2.24) is 0 Å². The van der Waals surface area contributed by atoms with E-state index in [1.54, 1.807) is 0 Å². The highest BCUT2D eigenvalue weighted by atomic mass is 35.5. The summed E-state index contributed by atoms with van der Waals surface area (Å²) >= 11 is 10.7. The molecule has 0 aliphatic rings. The van der Waals surface area contributed by atoms with E-state index in [1.165, 1.54) is 0 Å². The Balaban J connectivity index is 3.03. The van der Waals surface area contributed by atoms with E-state index in [-0.39, 0.29) is 12.0 Å². The zero-order valence-corrected chi connectivity index (χ0v) is 8.53. The molecule has 0 spiro atoms. The van der Waals surface area contributed by atoms with Crippen LogP contribution in [0.25, 0.3) is 0 Å². The average molecular weight is 213 g/mol. The van der Waals surface area contributed by atoms with Crippen LogP contribution in [0.5, 0.6) is 0 Å². The van der Waals surface area contributed by atoms with Crippen molar-refractivity contribution in [3.8, 4) is 0 Å². The summed E-state index contributed by atoms with van der Waals surface area (Å²) in [4.78, 5) is 10.7. The van der Waals surface area contributed by atoms with Gasteiger partial charge < -0.3 is 4.74 Å². The van der Waals surface area contributed by atoms with Gasteiger partial charge in [0.15, 0.2) is 6.07 Å². The van der Waals surface area contributed by atoms with Gasteiger partial charge in [0.1, 0.15) is 0 Å². The molecule has 0 amide bonds. The highest BCUT2D eigenvalue weighted by Gasteiger charge is 2.00. The van der Waals surface area contributed by atoms with E-state index in [0.29, 0.717) is 12.3 Å². The second-order valence-corrected chi connectivity index (χ2v) is 3.07. The Labute approximate surface area is 83.2 Å². The first-order chi connectivity index (χ1) is 5.81. The van der Waals surface area contributed by atoms with Crippen molar-refractivity contribution in [3.05, 3.63) is 0 Å². The van der Waals surface area contributed by atoms with Gasteiger partial charge in [0.05, 0.1) is 0 Å². The quantitative estimate of drug-likeness (QED) is 0.369. The normalized spacial score (nSPS) is 9.83. The van der Waals surface area contributed by atoms with Crippen LogP contribution in [-0.2, 0) is 9.53 Å². The molecule has 0 saturated heterocycles. The zero-order chi connectivity index (χ0) is 9.23. The van der Waals surface area contributed by atoms with Crippen LogP contribution in [0.1, 0.15) is 32.1 Å². The summed E-state index contributed by atoms with van der Waals surface area (Å²) in [6.45, 7) is 0. The molecule has 0 aliphatic carbocycles. The van der Waals surface area contributed by atoms with Crippen molar-refractivity contribution in [2.75, 3.05) is 11.9 Å². The number of carbonyl (C=O) groups is 1. The molecule has 0 rings (SSSR count). The summed E-state index contributed by atoms with van der Waals surface area (Å²) in [5.41, 5.74) is 0. The van der Waals surface area contributed by atoms with Gasteiger partial charge in [0.25, 0.3) is 0 Å². The monoisotopic (exact) mass is 212 g/mol. The second-order valence-electron chi connectivity index (χ2n) is 2.48. The van der Waals surface area contributed by atoms with Crippen molar-refractivity contribution in [2.24, 2.45) is 0 Å². The van der Waals surface area contributed by atoms with Crippen LogP contribution in [0.2, 0.25) is 0 Å². The Hall–Kier alpha value is 0.0500. The lowest BCUT2D eigenvalue weighted by Gasteiger charge is -1.99. The highest BCUT2D eigenvalue weighted by molar-refractivity contribution is 6.17. The molecule has 0 aromatic rings. The van der Waals surface area contributed by atoms with Gasteiger partial charge in [-0.1, -0.05) is 24.4 Å². The van der Waals surface area contributed by atoms with Gasteiger partial charge in [0.2, 0.25) is 0 Å². The van der Waals surface area contributed by atoms with E-state index in [1.807, 2.05) is 0 Å². The summed E-state index contributed by atoms with van der Waals surface area (Å²) in [7, 11) is 0. The van der Waals surface area contributed by atoms with E-state index in [9.17, 15) is 4.79 Å². The summed E-state index contributed by atoms with van der Waals surface area (Å²) in [5, 5.41) is 0. The number of hydrogen-bond donors (Lipinski definition) is 0. The summed E-state index contributed by atoms with van der Waals surface area (Å²) in [5.74, 6) is 0.488. The fourth-order valence-corrected chi connectivity index (χ4v) is 1.16. The molecule has 0 fully saturated rings. The van der Waals surface area contributed by atoms with Crippen LogP contribution in [0, 0.1) is 0 Å². The maximum atomic E-state index is 10.7. The molecule has 0 aromatic carbocycles. The molecule has 0 aliphatic heterocycles. The molecule has 12 heavy (non-hydrogen) atoms. The molecule has 0 saturated carbocycles. The largest absolute Gasteiger partial charge is 0.449 e. The van der Waals surface area contributed by atoms with Gasteiger partial charge in [-0.2, -0.15) is 0 Å². The van der Waals surface area contributed by atoms with Gasteiger partial charge in [-0.15, -0.1) is 11.6 Å². The fraction of sp³-hybridized carbons (Fsp3) is 0.875. The van der Waals surface area contributed by atoms with Gasteiger partial charge in [-0.05, 0) is 12.8 Å². The molecule has 2 nitrogen and oxygen atoms in total. The maximum Gasteiger partial charge on any atom is 0.306 e. The van der Waals surface area contributed by atoms with Crippen LogP contribution < -0.4 is 0 Å². The van der Waals surface area contributed by atoms with Crippen LogP contribution in [0.3, 0.4) is 0 Å². The van der Waals surface area contributed by atoms with E-state index in [2.05, 4.69) is 4.74 Å². The lowest BCUT2D eigenvalue weighted by atomic mass is 10.2. The Morgan fingerprint density at radius 3 is 2.33 bits per heavy atom. The van der Waals surface area contributed by atoms with Crippen molar-refractivity contribution in [3.63, 3.8) is 0 Å². The lowest BCUT2D eigenvalue weighted by Crippen LogP contribution is -2.02. The van der Waals surface area contributed by atoms with Gasteiger partial charge in [-0.3, -0.25) is 4.79 Å². The standard InChI is InChI=1S/C8H14Cl2O2/c9-6-4-2-1-3-5-8(11)12-7-10/h1-7H2. The van der Waals surface area contributed by atoms with Crippen LogP contribution in [-0.4, -0.2) is 17.9 Å². The minimum Gasteiger partial charge on any atom is -0.449 e. The Morgan fingerprint density at radius 1 is 1.08 bits per heavy atom. The molecule has 4 heteroatoms. The summed E-state index contributed by atoms with van der Waals surface area (Å²) in [6, 6.07) is -0.0412. The minimum atomic E-state index is -0.212. The Morgan fingerprint density at radius 2 is 1.75 bits per heavy atom. The van der Waals surface area contributed by atoms with Crippen molar-refractivity contribution in [1.29, 1.82) is 0 Å². The Bertz CT molecular complexity index is 118. The summed E-state index contributed by atoms with van der Waals surface area (Å²) < 4.78 is 4.55. The first kappa shape index (κ1) is 12.0. The third-order valence-corrected chi connectivity index (χ3v) is 1.86. The molecule has 0 radical (unpaired) electrons. The molecule has 0 bridgehead atoms. The third kappa shape index (κ3) is 8.15. The highest BCUT2D eigenvalue weighted by Crippen LogP contribution is 2.04.